The first-order chi connectivity index (χ1) is 22.3. The number of amidine groups is 1. The molecule has 10 heteroatoms. The molecule has 2 rings (SSSR count). The standard InChI is InChI=1S/C36H54N6O4/c1-5-7-8-9-10-11-12-13-14-15-16-17-18-19-20-21-22-23-24-25-30(44)39-31(27(3)4)34(45)41-36-40-33-32(35(46)42-36)38-28(26-37-33)29(43)6-2/h7-8,10-11,13-14,16-17,19-20,22-23,27-29,31-32,38,43H,5-6,9,12,15,18,21,24-26H2,1-4H3,(H,39,44)(H2,37,40,41,42,45,46)/b8-7-,11-10-,14-13-,17-16-,20-19-,23-22-. The summed E-state index contributed by atoms with van der Waals surface area (Å²) in [7, 11) is 0. The molecule has 5 N–H and O–H groups in total. The molecule has 0 radical (unpaired) electrons. The lowest BCUT2D eigenvalue weighted by atomic mass is 10.0. The van der Waals surface area contributed by atoms with Gasteiger partial charge in [0.1, 0.15) is 12.1 Å². The third kappa shape index (κ3) is 14.9. The number of amides is 3. The van der Waals surface area contributed by atoms with Crippen LogP contribution in [0, 0.1) is 5.92 Å². The van der Waals surface area contributed by atoms with Crippen molar-refractivity contribution in [1.82, 2.24) is 21.3 Å². The predicted octanol–water partition coefficient (Wildman–Crippen LogP) is 4.72. The van der Waals surface area contributed by atoms with Gasteiger partial charge in [-0.1, -0.05) is 101 Å². The summed E-state index contributed by atoms with van der Waals surface area (Å²) in [5.41, 5.74) is 0. The maximum Gasteiger partial charge on any atom is 0.251 e. The van der Waals surface area contributed by atoms with Gasteiger partial charge in [-0.2, -0.15) is 4.99 Å². The average Bonchev–Trinajstić information content (AvgIpc) is 3.04. The minimum atomic E-state index is -0.800. The van der Waals surface area contributed by atoms with Crippen molar-refractivity contribution >= 4 is 29.5 Å². The van der Waals surface area contributed by atoms with Crippen molar-refractivity contribution in [2.45, 2.75) is 110 Å². The van der Waals surface area contributed by atoms with Crippen LogP contribution < -0.4 is 21.3 Å². The van der Waals surface area contributed by atoms with E-state index in [9.17, 15) is 19.5 Å². The Kier molecular flexibility index (Phi) is 18.8. The van der Waals surface area contributed by atoms with E-state index in [0.717, 1.165) is 38.5 Å². The van der Waals surface area contributed by atoms with E-state index in [2.05, 4.69) is 98.9 Å². The molecule has 10 nitrogen and oxygen atoms in total. The van der Waals surface area contributed by atoms with Gasteiger partial charge in [0.25, 0.3) is 5.91 Å². The molecule has 0 aromatic rings. The van der Waals surface area contributed by atoms with Gasteiger partial charge in [0.05, 0.1) is 18.7 Å². The smallest absolute Gasteiger partial charge is 0.251 e. The number of nitrogens with zero attached hydrogens (tertiary/aromatic N) is 2. The summed E-state index contributed by atoms with van der Waals surface area (Å²) in [4.78, 5) is 46.9. The van der Waals surface area contributed by atoms with Crippen molar-refractivity contribution in [1.29, 1.82) is 0 Å². The molecule has 0 saturated heterocycles. The minimum Gasteiger partial charge on any atom is -0.391 e. The Bertz CT molecular complexity index is 1210. The van der Waals surface area contributed by atoms with Gasteiger partial charge in [0.15, 0.2) is 5.84 Å². The second-order valence-corrected chi connectivity index (χ2v) is 11.6. The van der Waals surface area contributed by atoms with Gasteiger partial charge in [0.2, 0.25) is 17.8 Å². The molecule has 3 amide bonds. The second kappa shape index (κ2) is 22.6. The Labute approximate surface area is 275 Å². The third-order valence-corrected chi connectivity index (χ3v) is 7.34. The number of carbonyl (C=O) groups is 3. The molecule has 0 aromatic heterocycles. The summed E-state index contributed by atoms with van der Waals surface area (Å²) in [6.07, 6.45) is 32.1. The number of nitrogens with one attached hydrogen (secondary N) is 4. The van der Waals surface area contributed by atoms with Gasteiger partial charge in [-0.05, 0) is 57.3 Å². The zero-order valence-corrected chi connectivity index (χ0v) is 28.0. The molecule has 4 atom stereocenters. The molecule has 2 aliphatic rings. The van der Waals surface area contributed by atoms with E-state index >= 15 is 0 Å². The minimum absolute atomic E-state index is 0.0285. The molecule has 252 valence electrons. The van der Waals surface area contributed by atoms with Crippen molar-refractivity contribution in [3.8, 4) is 0 Å². The van der Waals surface area contributed by atoms with Crippen molar-refractivity contribution in [2.24, 2.45) is 15.9 Å². The number of guanidine groups is 1. The van der Waals surface area contributed by atoms with Crippen LogP contribution >= 0.6 is 0 Å². The molecule has 0 fully saturated rings. The zero-order chi connectivity index (χ0) is 33.6. The molecule has 4 unspecified atom stereocenters. The summed E-state index contributed by atoms with van der Waals surface area (Å²) >= 11 is 0. The zero-order valence-electron chi connectivity index (χ0n) is 28.0. The maximum absolute atomic E-state index is 13.0. The van der Waals surface area contributed by atoms with E-state index < -0.39 is 30.0 Å². The van der Waals surface area contributed by atoms with E-state index in [1.807, 2.05) is 32.9 Å². The molecule has 0 spiro atoms. The van der Waals surface area contributed by atoms with Crippen molar-refractivity contribution in [3.63, 3.8) is 0 Å². The van der Waals surface area contributed by atoms with Gasteiger partial charge in [-0.15, -0.1) is 0 Å². The van der Waals surface area contributed by atoms with Crippen molar-refractivity contribution < 1.29 is 19.5 Å². The van der Waals surface area contributed by atoms with E-state index in [-0.39, 0.29) is 42.6 Å². The Balaban J connectivity index is 1.67. The Hall–Kier alpha value is -3.89. The molecule has 0 aliphatic carbocycles. The van der Waals surface area contributed by atoms with E-state index in [1.54, 1.807) is 0 Å². The van der Waals surface area contributed by atoms with Crippen molar-refractivity contribution in [2.75, 3.05) is 6.54 Å². The molecule has 0 aromatic carbocycles. The number of rotatable bonds is 19. The first-order valence-electron chi connectivity index (χ1n) is 16.6. The van der Waals surface area contributed by atoms with Crippen LogP contribution in [0.3, 0.4) is 0 Å². The SMILES string of the molecule is CC/C=C\C/C=C\C/C=C\C/C=C\C/C=C\C/C=C\CCC(=O)NC(C(=O)NC1=NC2=NCC(C(O)CC)NC2C(=O)N1)C(C)C. The Morgan fingerprint density at radius 2 is 1.43 bits per heavy atom. The highest BCUT2D eigenvalue weighted by Gasteiger charge is 2.37. The normalized spacial score (nSPS) is 20.2. The molecule has 2 heterocycles. The number of carbonyl (C=O) groups excluding carboxylic acids is 3. The van der Waals surface area contributed by atoms with Crippen molar-refractivity contribution in [3.05, 3.63) is 72.9 Å². The maximum atomic E-state index is 13.0. The van der Waals surface area contributed by atoms with E-state index in [1.165, 1.54) is 0 Å². The highest BCUT2D eigenvalue weighted by molar-refractivity contribution is 6.22. The largest absolute Gasteiger partial charge is 0.391 e. The van der Waals surface area contributed by atoms with Crippen LogP contribution in [-0.2, 0) is 14.4 Å². The van der Waals surface area contributed by atoms with E-state index in [4.69, 9.17) is 0 Å². The average molecular weight is 635 g/mol. The molecular weight excluding hydrogens is 580 g/mol. The van der Waals surface area contributed by atoms with Crippen LogP contribution in [0.25, 0.3) is 0 Å². The Morgan fingerprint density at radius 1 is 0.891 bits per heavy atom. The molecular formula is C36H54N6O4. The number of fused-ring (bicyclic) bond motifs is 1. The first-order valence-corrected chi connectivity index (χ1v) is 16.6. The van der Waals surface area contributed by atoms with Gasteiger partial charge in [0, 0.05) is 6.42 Å². The predicted molar refractivity (Wildman–Crippen MR) is 187 cm³/mol. The Morgan fingerprint density at radius 3 is 1.96 bits per heavy atom. The number of hydrogen-bond acceptors (Lipinski definition) is 7. The lowest BCUT2D eigenvalue weighted by molar-refractivity contribution is -0.129. The van der Waals surface area contributed by atoms with Gasteiger partial charge >= 0.3 is 0 Å². The number of hydrogen-bond donors (Lipinski definition) is 5. The highest BCUT2D eigenvalue weighted by atomic mass is 16.3. The fourth-order valence-electron chi connectivity index (χ4n) is 4.65. The van der Waals surface area contributed by atoms with Crippen LogP contribution in [0.5, 0.6) is 0 Å². The summed E-state index contributed by atoms with van der Waals surface area (Å²) in [6, 6.07) is -1.94. The van der Waals surface area contributed by atoms with Gasteiger partial charge in [-0.25, -0.2) is 0 Å². The number of aliphatic hydroxyl groups is 1. The van der Waals surface area contributed by atoms with Crippen LogP contribution in [0.15, 0.2) is 82.9 Å². The molecule has 0 bridgehead atoms. The van der Waals surface area contributed by atoms with Crippen LogP contribution in [0.4, 0.5) is 0 Å². The quantitative estimate of drug-likeness (QED) is 0.131. The van der Waals surface area contributed by atoms with E-state index in [0.29, 0.717) is 12.8 Å². The lowest BCUT2D eigenvalue weighted by Gasteiger charge is -2.33. The van der Waals surface area contributed by atoms with Crippen LogP contribution in [-0.4, -0.2) is 65.4 Å². The lowest BCUT2D eigenvalue weighted by Crippen LogP contribution is -2.64. The van der Waals surface area contributed by atoms with Crippen LogP contribution in [0.2, 0.25) is 0 Å². The summed E-state index contributed by atoms with van der Waals surface area (Å²) in [6.45, 7) is 7.94. The molecule has 46 heavy (non-hydrogen) atoms. The first kappa shape index (κ1) is 38.3. The van der Waals surface area contributed by atoms with Gasteiger partial charge < -0.3 is 10.4 Å². The second-order valence-electron chi connectivity index (χ2n) is 11.6. The van der Waals surface area contributed by atoms with Gasteiger partial charge in [-0.3, -0.25) is 35.3 Å². The van der Waals surface area contributed by atoms with Crippen LogP contribution in [0.1, 0.15) is 85.5 Å². The fourth-order valence-corrected chi connectivity index (χ4v) is 4.65. The monoisotopic (exact) mass is 634 g/mol. The topological polar surface area (TPSA) is 144 Å². The summed E-state index contributed by atoms with van der Waals surface area (Å²) < 4.78 is 0. The number of aliphatic imine (C=N–C) groups is 2. The summed E-state index contributed by atoms with van der Waals surface area (Å²) in [5, 5.41) is 21.2. The molecule has 0 saturated carbocycles. The third-order valence-electron chi connectivity index (χ3n) is 7.34. The fraction of sp³-hybridized carbons (Fsp3) is 0.528. The molecule has 2 aliphatic heterocycles. The summed E-state index contributed by atoms with van der Waals surface area (Å²) in [5.74, 6) is -1.09. The number of aliphatic hydroxyl groups excluding tert-OH is 1. The number of allylic oxidation sites excluding steroid dienone is 12. The highest BCUT2D eigenvalue weighted by Crippen LogP contribution is 2.11.